The number of carboxylic acid groups (broad SMARTS) is 1. The largest absolute Gasteiger partial charge is 0.465 e. The first kappa shape index (κ1) is 15.3. The number of rotatable bonds is 3. The molecule has 0 radical (unpaired) electrons. The number of amides is 1. The Bertz CT molecular complexity index is 870. The molecule has 0 fully saturated rings. The van der Waals surface area contributed by atoms with Gasteiger partial charge in [0.05, 0.1) is 17.5 Å². The zero-order valence-corrected chi connectivity index (χ0v) is 13.1. The van der Waals surface area contributed by atoms with E-state index in [1.165, 1.54) is 6.20 Å². The first-order valence-electron chi connectivity index (χ1n) is 6.66. The van der Waals surface area contributed by atoms with E-state index in [0.717, 1.165) is 11.3 Å². The quantitative estimate of drug-likeness (QED) is 0.674. The lowest BCUT2D eigenvalue weighted by atomic mass is 10.0. The van der Waals surface area contributed by atoms with Gasteiger partial charge in [0.25, 0.3) is 0 Å². The maximum absolute atomic E-state index is 10.6. The molecule has 3 aromatic heterocycles. The molecule has 0 spiro atoms. The van der Waals surface area contributed by atoms with Crippen molar-refractivity contribution >= 4 is 33.0 Å². The fourth-order valence-electron chi connectivity index (χ4n) is 1.90. The van der Waals surface area contributed by atoms with Gasteiger partial charge in [0.15, 0.2) is 15.6 Å². The lowest BCUT2D eigenvalue weighted by Crippen LogP contribution is -2.15. The molecule has 0 saturated heterocycles. The van der Waals surface area contributed by atoms with Crippen LogP contribution in [0.3, 0.4) is 0 Å². The van der Waals surface area contributed by atoms with Crippen LogP contribution < -0.4 is 5.32 Å². The summed E-state index contributed by atoms with van der Waals surface area (Å²) in [5.41, 5.74) is 1.26. The van der Waals surface area contributed by atoms with Crippen LogP contribution in [-0.4, -0.2) is 36.2 Å². The number of pyridine rings is 1. The van der Waals surface area contributed by atoms with Gasteiger partial charge < -0.3 is 10.2 Å². The third kappa shape index (κ3) is 3.25. The van der Waals surface area contributed by atoms with Crippen molar-refractivity contribution in [3.8, 4) is 11.4 Å². The molecular weight excluding hydrogens is 318 g/mol. The minimum absolute atomic E-state index is 0.218. The van der Waals surface area contributed by atoms with Gasteiger partial charge in [-0.1, -0.05) is 17.4 Å². The van der Waals surface area contributed by atoms with E-state index >= 15 is 0 Å². The number of fused-ring (bicyclic) bond motifs is 1. The Kier molecular flexibility index (Phi) is 3.66. The summed E-state index contributed by atoms with van der Waals surface area (Å²) in [6.45, 7) is 3.37. The molecule has 0 unspecified atom stereocenters. The summed E-state index contributed by atoms with van der Waals surface area (Å²) in [6, 6.07) is 3.53. The van der Waals surface area contributed by atoms with Crippen LogP contribution in [-0.2, 0) is 5.60 Å². The number of aromatic nitrogens is 4. The predicted octanol–water partition coefficient (Wildman–Crippen LogP) is 2.47. The molecule has 8 nitrogen and oxygen atoms in total. The molecule has 3 rings (SSSR count). The van der Waals surface area contributed by atoms with Crippen LogP contribution in [0.15, 0.2) is 24.5 Å². The van der Waals surface area contributed by atoms with E-state index in [2.05, 4.69) is 25.3 Å². The zero-order chi connectivity index (χ0) is 16.6. The van der Waals surface area contributed by atoms with Crippen molar-refractivity contribution in [3.63, 3.8) is 0 Å². The van der Waals surface area contributed by atoms with E-state index in [-0.39, 0.29) is 5.13 Å². The number of aliphatic hydroxyl groups is 1. The maximum Gasteiger partial charge on any atom is 0.410 e. The second kappa shape index (κ2) is 5.52. The summed E-state index contributed by atoms with van der Waals surface area (Å²) in [5.74, 6) is 0. The van der Waals surface area contributed by atoms with Crippen LogP contribution >= 0.6 is 11.3 Å². The van der Waals surface area contributed by atoms with Gasteiger partial charge in [0.1, 0.15) is 5.69 Å². The Balaban J connectivity index is 1.95. The fraction of sp³-hybridized carbons (Fsp3) is 0.214. The summed E-state index contributed by atoms with van der Waals surface area (Å²) in [4.78, 5) is 28.0. The van der Waals surface area contributed by atoms with Crippen LogP contribution in [0.1, 0.15) is 19.4 Å². The number of hydrogen-bond acceptors (Lipinski definition) is 7. The summed E-state index contributed by atoms with van der Waals surface area (Å²) in [5, 5.41) is 21.0. The van der Waals surface area contributed by atoms with Crippen molar-refractivity contribution in [3.05, 3.63) is 30.1 Å². The van der Waals surface area contributed by atoms with E-state index in [1.807, 2.05) is 0 Å². The third-order valence-corrected chi connectivity index (χ3v) is 3.92. The van der Waals surface area contributed by atoms with E-state index < -0.39 is 11.7 Å². The van der Waals surface area contributed by atoms with Gasteiger partial charge in [0.2, 0.25) is 0 Å². The van der Waals surface area contributed by atoms with Crippen LogP contribution in [0.25, 0.3) is 21.9 Å². The van der Waals surface area contributed by atoms with Gasteiger partial charge in [-0.15, -0.1) is 0 Å². The molecule has 3 heterocycles. The van der Waals surface area contributed by atoms with Gasteiger partial charge in [-0.05, 0) is 19.9 Å². The molecule has 0 saturated carbocycles. The summed E-state index contributed by atoms with van der Waals surface area (Å²) in [7, 11) is 0. The number of thiazole rings is 1. The Hall–Kier alpha value is -2.65. The van der Waals surface area contributed by atoms with Crippen LogP contribution in [0.5, 0.6) is 0 Å². The van der Waals surface area contributed by atoms with Crippen LogP contribution in [0, 0.1) is 0 Å². The van der Waals surface area contributed by atoms with Crippen molar-refractivity contribution in [2.24, 2.45) is 0 Å². The number of hydrogen-bond donors (Lipinski definition) is 3. The SMILES string of the molecule is CC(C)(O)c1ccc(-c2cnc3nc(NC(=O)O)sc3n2)nc1. The standard InChI is InChI=1S/C14H13N5O3S/c1-14(2,22)7-3-4-8(15-5-7)9-6-16-10-11(17-9)23-12(18-10)19-13(20)21/h3-6,22H,1-2H3,(H,20,21)(H,16,18,19). The summed E-state index contributed by atoms with van der Waals surface area (Å²) in [6.07, 6.45) is 1.93. The molecule has 9 heteroatoms. The van der Waals surface area contributed by atoms with Crippen LogP contribution in [0.2, 0.25) is 0 Å². The van der Waals surface area contributed by atoms with Crippen molar-refractivity contribution in [1.29, 1.82) is 0 Å². The number of carbonyl (C=O) groups is 1. The van der Waals surface area contributed by atoms with Crippen molar-refractivity contribution in [2.75, 3.05) is 5.32 Å². The lowest BCUT2D eigenvalue weighted by Gasteiger charge is -2.17. The smallest absolute Gasteiger partial charge is 0.410 e. The highest BCUT2D eigenvalue weighted by Crippen LogP contribution is 2.26. The highest BCUT2D eigenvalue weighted by Gasteiger charge is 2.17. The van der Waals surface area contributed by atoms with E-state index in [4.69, 9.17) is 5.11 Å². The second-order valence-electron chi connectivity index (χ2n) is 5.32. The van der Waals surface area contributed by atoms with Crippen molar-refractivity contribution < 1.29 is 15.0 Å². The molecule has 1 amide bonds. The minimum Gasteiger partial charge on any atom is -0.465 e. The van der Waals surface area contributed by atoms with Gasteiger partial charge in [0, 0.05) is 11.8 Å². The van der Waals surface area contributed by atoms with Gasteiger partial charge in [-0.25, -0.2) is 14.8 Å². The van der Waals surface area contributed by atoms with E-state index in [0.29, 0.717) is 27.4 Å². The van der Waals surface area contributed by atoms with Crippen molar-refractivity contribution in [2.45, 2.75) is 19.4 Å². The molecule has 3 N–H and O–H groups in total. The topological polar surface area (TPSA) is 121 Å². The average molecular weight is 331 g/mol. The number of nitrogens with one attached hydrogen (secondary N) is 1. The molecule has 0 atom stereocenters. The Morgan fingerprint density at radius 1 is 1.17 bits per heavy atom. The molecule has 0 aromatic carbocycles. The molecule has 0 bridgehead atoms. The second-order valence-corrected chi connectivity index (χ2v) is 6.30. The molecule has 3 aromatic rings. The summed E-state index contributed by atoms with van der Waals surface area (Å²) >= 11 is 1.10. The molecule has 0 aliphatic carbocycles. The first-order valence-corrected chi connectivity index (χ1v) is 7.47. The maximum atomic E-state index is 10.6. The van der Waals surface area contributed by atoms with E-state index in [1.54, 1.807) is 32.2 Å². The van der Waals surface area contributed by atoms with Gasteiger partial charge in [-0.2, -0.15) is 4.98 Å². The fourth-order valence-corrected chi connectivity index (χ4v) is 2.68. The molecule has 118 valence electrons. The number of nitrogens with zero attached hydrogens (tertiary/aromatic N) is 4. The highest BCUT2D eigenvalue weighted by atomic mass is 32.1. The lowest BCUT2D eigenvalue weighted by molar-refractivity contribution is 0.0782. The minimum atomic E-state index is -1.19. The Morgan fingerprint density at radius 2 is 1.96 bits per heavy atom. The molecule has 0 aliphatic heterocycles. The first-order chi connectivity index (χ1) is 10.8. The average Bonchev–Trinajstić information content (AvgIpc) is 2.86. The Labute approximate surface area is 134 Å². The van der Waals surface area contributed by atoms with Gasteiger partial charge in [-0.3, -0.25) is 10.3 Å². The van der Waals surface area contributed by atoms with Crippen LogP contribution in [0.4, 0.5) is 9.93 Å². The highest BCUT2D eigenvalue weighted by molar-refractivity contribution is 7.21. The molecular formula is C14H13N5O3S. The summed E-state index contributed by atoms with van der Waals surface area (Å²) < 4.78 is 0. The monoisotopic (exact) mass is 331 g/mol. The normalized spacial score (nSPS) is 11.6. The molecule has 23 heavy (non-hydrogen) atoms. The predicted molar refractivity (Wildman–Crippen MR) is 85.3 cm³/mol. The van der Waals surface area contributed by atoms with E-state index in [9.17, 15) is 9.90 Å². The third-order valence-electron chi connectivity index (χ3n) is 3.07. The molecule has 0 aliphatic rings. The van der Waals surface area contributed by atoms with Gasteiger partial charge >= 0.3 is 6.09 Å². The zero-order valence-electron chi connectivity index (χ0n) is 12.3. The van der Waals surface area contributed by atoms with Crippen molar-refractivity contribution in [1.82, 2.24) is 19.9 Å². The number of anilines is 1. The Morgan fingerprint density at radius 3 is 2.57 bits per heavy atom.